The first-order chi connectivity index (χ1) is 9.26. The Balaban J connectivity index is 2.32. The van der Waals surface area contributed by atoms with Crippen LogP contribution in [-0.2, 0) is 6.54 Å². The highest BCUT2D eigenvalue weighted by Gasteiger charge is 2.12. The zero-order valence-corrected chi connectivity index (χ0v) is 12.2. The second kappa shape index (κ2) is 6.70. The molecular formula is C13H20ClN5. The van der Waals surface area contributed by atoms with Crippen molar-refractivity contribution in [1.29, 1.82) is 0 Å². The molecule has 0 fully saturated rings. The maximum Gasteiger partial charge on any atom is 0.226 e. The van der Waals surface area contributed by atoms with Crippen LogP contribution in [0.15, 0.2) is 6.33 Å². The summed E-state index contributed by atoms with van der Waals surface area (Å²) in [6.45, 7) is 6.15. The van der Waals surface area contributed by atoms with Crippen LogP contribution in [0.1, 0.15) is 39.5 Å². The van der Waals surface area contributed by atoms with E-state index in [1.165, 1.54) is 0 Å². The number of halogens is 1. The van der Waals surface area contributed by atoms with Gasteiger partial charge >= 0.3 is 0 Å². The Morgan fingerprint density at radius 3 is 2.74 bits per heavy atom. The Morgan fingerprint density at radius 1 is 1.21 bits per heavy atom. The molecule has 0 amide bonds. The third kappa shape index (κ3) is 3.35. The van der Waals surface area contributed by atoms with Crippen molar-refractivity contribution >= 4 is 28.6 Å². The fourth-order valence-electron chi connectivity index (χ4n) is 1.96. The van der Waals surface area contributed by atoms with E-state index in [2.05, 4.69) is 38.7 Å². The summed E-state index contributed by atoms with van der Waals surface area (Å²) in [6.07, 6.45) is 6.32. The van der Waals surface area contributed by atoms with Crippen LogP contribution >= 0.6 is 11.6 Å². The fourth-order valence-corrected chi connectivity index (χ4v) is 2.12. The molecular weight excluding hydrogens is 262 g/mol. The fraction of sp³-hybridized carbons (Fsp3) is 0.615. The van der Waals surface area contributed by atoms with E-state index in [4.69, 9.17) is 11.6 Å². The van der Waals surface area contributed by atoms with Crippen LogP contribution in [0.2, 0.25) is 5.28 Å². The largest absolute Gasteiger partial charge is 0.368 e. The molecule has 0 spiro atoms. The van der Waals surface area contributed by atoms with Crippen LogP contribution in [0.25, 0.3) is 11.2 Å². The zero-order valence-electron chi connectivity index (χ0n) is 11.5. The first kappa shape index (κ1) is 14.1. The second-order valence-electron chi connectivity index (χ2n) is 4.59. The number of hydrogen-bond acceptors (Lipinski definition) is 4. The predicted molar refractivity (Wildman–Crippen MR) is 78.6 cm³/mol. The number of nitrogens with zero attached hydrogens (tertiary/aromatic N) is 4. The van der Waals surface area contributed by atoms with Gasteiger partial charge in [-0.3, -0.25) is 0 Å². The van der Waals surface area contributed by atoms with Gasteiger partial charge < -0.3 is 9.88 Å². The Morgan fingerprint density at radius 2 is 2.00 bits per heavy atom. The molecule has 0 saturated heterocycles. The van der Waals surface area contributed by atoms with Crippen molar-refractivity contribution in [1.82, 2.24) is 19.5 Å². The maximum absolute atomic E-state index is 5.94. The highest BCUT2D eigenvalue weighted by atomic mass is 35.5. The third-order valence-electron chi connectivity index (χ3n) is 3.02. The summed E-state index contributed by atoms with van der Waals surface area (Å²) in [5, 5.41) is 3.58. The van der Waals surface area contributed by atoms with E-state index in [1.807, 2.05) is 6.33 Å². The van der Waals surface area contributed by atoms with Crippen molar-refractivity contribution in [2.45, 2.75) is 46.1 Å². The van der Waals surface area contributed by atoms with Crippen molar-refractivity contribution in [3.63, 3.8) is 0 Å². The van der Waals surface area contributed by atoms with Gasteiger partial charge in [0.05, 0.1) is 6.33 Å². The summed E-state index contributed by atoms with van der Waals surface area (Å²) >= 11 is 5.94. The van der Waals surface area contributed by atoms with Crippen molar-refractivity contribution in [3.8, 4) is 0 Å². The monoisotopic (exact) mass is 281 g/mol. The quantitative estimate of drug-likeness (QED) is 0.623. The van der Waals surface area contributed by atoms with Gasteiger partial charge in [0.25, 0.3) is 0 Å². The highest BCUT2D eigenvalue weighted by molar-refractivity contribution is 6.28. The van der Waals surface area contributed by atoms with E-state index in [0.717, 1.165) is 50.1 Å². The average molecular weight is 282 g/mol. The van der Waals surface area contributed by atoms with Crippen LogP contribution in [0.5, 0.6) is 0 Å². The molecule has 2 heterocycles. The van der Waals surface area contributed by atoms with Gasteiger partial charge in [-0.1, -0.05) is 26.7 Å². The number of hydrogen-bond donors (Lipinski definition) is 1. The van der Waals surface area contributed by atoms with Gasteiger partial charge in [-0.25, -0.2) is 4.98 Å². The van der Waals surface area contributed by atoms with Crippen LogP contribution in [-0.4, -0.2) is 26.1 Å². The van der Waals surface area contributed by atoms with Crippen LogP contribution < -0.4 is 5.32 Å². The molecule has 19 heavy (non-hydrogen) atoms. The Bertz CT molecular complexity index is 537. The van der Waals surface area contributed by atoms with Gasteiger partial charge in [-0.05, 0) is 24.4 Å². The lowest BCUT2D eigenvalue weighted by atomic mass is 10.3. The number of anilines is 1. The molecule has 104 valence electrons. The Labute approximate surface area is 118 Å². The maximum atomic E-state index is 5.94. The molecule has 0 saturated carbocycles. The molecule has 0 aromatic carbocycles. The molecule has 0 aliphatic rings. The molecule has 6 heteroatoms. The molecule has 0 unspecified atom stereocenters. The molecule has 0 aliphatic heterocycles. The number of rotatable bonds is 7. The molecule has 2 rings (SSSR count). The molecule has 1 N–H and O–H groups in total. The van der Waals surface area contributed by atoms with E-state index < -0.39 is 0 Å². The van der Waals surface area contributed by atoms with Gasteiger partial charge in [0.15, 0.2) is 11.5 Å². The van der Waals surface area contributed by atoms with Gasteiger partial charge in [0.2, 0.25) is 5.28 Å². The van der Waals surface area contributed by atoms with Gasteiger partial charge in [-0.15, -0.1) is 0 Å². The van der Waals surface area contributed by atoms with Crippen molar-refractivity contribution in [3.05, 3.63) is 11.6 Å². The number of aromatic nitrogens is 4. The van der Waals surface area contributed by atoms with E-state index in [-0.39, 0.29) is 5.28 Å². The van der Waals surface area contributed by atoms with E-state index in [1.54, 1.807) is 0 Å². The summed E-state index contributed by atoms with van der Waals surface area (Å²) in [4.78, 5) is 12.8. The Hall–Kier alpha value is -1.36. The average Bonchev–Trinajstić information content (AvgIpc) is 2.79. The number of nitrogens with one attached hydrogen (secondary N) is 1. The summed E-state index contributed by atoms with van der Waals surface area (Å²) in [5.41, 5.74) is 1.61. The lowest BCUT2D eigenvalue weighted by molar-refractivity contribution is 0.645. The minimum Gasteiger partial charge on any atom is -0.368 e. The minimum absolute atomic E-state index is 0.243. The first-order valence-corrected chi connectivity index (χ1v) is 7.26. The molecule has 2 aromatic heterocycles. The van der Waals surface area contributed by atoms with E-state index >= 15 is 0 Å². The summed E-state index contributed by atoms with van der Waals surface area (Å²) in [7, 11) is 0. The van der Waals surface area contributed by atoms with Gasteiger partial charge in [-0.2, -0.15) is 9.97 Å². The Kier molecular flexibility index (Phi) is 4.96. The second-order valence-corrected chi connectivity index (χ2v) is 4.92. The number of fused-ring (bicyclic) bond motifs is 1. The van der Waals surface area contributed by atoms with Crippen LogP contribution in [0, 0.1) is 0 Å². The zero-order chi connectivity index (χ0) is 13.7. The predicted octanol–water partition coefficient (Wildman–Crippen LogP) is 3.49. The SMILES string of the molecule is CCCCNc1nc(Cl)nc2ncn(CCCC)c12. The summed E-state index contributed by atoms with van der Waals surface area (Å²) in [6, 6.07) is 0. The first-order valence-electron chi connectivity index (χ1n) is 6.88. The topological polar surface area (TPSA) is 55.6 Å². The van der Waals surface area contributed by atoms with E-state index in [9.17, 15) is 0 Å². The highest BCUT2D eigenvalue weighted by Crippen LogP contribution is 2.22. The van der Waals surface area contributed by atoms with E-state index in [0.29, 0.717) is 5.65 Å². The molecule has 0 atom stereocenters. The van der Waals surface area contributed by atoms with Crippen molar-refractivity contribution < 1.29 is 0 Å². The molecule has 0 bridgehead atoms. The van der Waals surface area contributed by atoms with Crippen molar-refractivity contribution in [2.75, 3.05) is 11.9 Å². The molecule has 5 nitrogen and oxygen atoms in total. The lowest BCUT2D eigenvalue weighted by Gasteiger charge is -2.09. The number of unbranched alkanes of at least 4 members (excludes halogenated alkanes) is 2. The minimum atomic E-state index is 0.243. The smallest absolute Gasteiger partial charge is 0.226 e. The van der Waals surface area contributed by atoms with Crippen LogP contribution in [0.3, 0.4) is 0 Å². The number of aryl methyl sites for hydroxylation is 1. The van der Waals surface area contributed by atoms with Crippen molar-refractivity contribution in [2.24, 2.45) is 0 Å². The normalized spacial score (nSPS) is 11.1. The van der Waals surface area contributed by atoms with Gasteiger partial charge in [0.1, 0.15) is 5.52 Å². The summed E-state index contributed by atoms with van der Waals surface area (Å²) < 4.78 is 2.10. The standard InChI is InChI=1S/C13H20ClN5/c1-3-5-7-15-11-10-12(18-13(14)17-11)16-9-19(10)8-6-4-2/h9H,3-8H2,1-2H3,(H,15,17,18). The van der Waals surface area contributed by atoms with Crippen LogP contribution in [0.4, 0.5) is 5.82 Å². The molecule has 0 aliphatic carbocycles. The lowest BCUT2D eigenvalue weighted by Crippen LogP contribution is -2.07. The molecule has 0 radical (unpaired) electrons. The number of imidazole rings is 1. The molecule has 2 aromatic rings. The van der Waals surface area contributed by atoms with Gasteiger partial charge in [0, 0.05) is 13.1 Å². The third-order valence-corrected chi connectivity index (χ3v) is 3.19. The summed E-state index contributed by atoms with van der Waals surface area (Å²) in [5.74, 6) is 0.789.